The second-order valence-corrected chi connectivity index (χ2v) is 8.35. The van der Waals surface area contributed by atoms with E-state index in [1.165, 1.54) is 31.3 Å². The van der Waals surface area contributed by atoms with Crippen molar-refractivity contribution in [1.29, 1.82) is 0 Å². The van der Waals surface area contributed by atoms with Crippen LogP contribution in [0.2, 0.25) is 5.02 Å². The van der Waals surface area contributed by atoms with Gasteiger partial charge in [0, 0.05) is 5.69 Å². The lowest BCUT2D eigenvalue weighted by atomic mass is 10.2. The van der Waals surface area contributed by atoms with Gasteiger partial charge in [0.1, 0.15) is 10.8 Å². The third kappa shape index (κ3) is 5.24. The van der Waals surface area contributed by atoms with Crippen LogP contribution in [0.25, 0.3) is 0 Å². The molecule has 11 heteroatoms. The molecule has 0 amide bonds. The molecule has 0 saturated carbocycles. The van der Waals surface area contributed by atoms with E-state index < -0.39 is 15.8 Å². The lowest BCUT2D eigenvalue weighted by molar-refractivity contribution is 0.602. The van der Waals surface area contributed by atoms with Gasteiger partial charge in [0.25, 0.3) is 0 Å². The maximum Gasteiger partial charge on any atom is 0.232 e. The number of hydrogen-bond acceptors (Lipinski definition) is 7. The lowest BCUT2D eigenvalue weighted by Crippen LogP contribution is -2.15. The average molecular weight is 437 g/mol. The van der Waals surface area contributed by atoms with Gasteiger partial charge in [0.05, 0.1) is 29.0 Å². The van der Waals surface area contributed by atoms with E-state index >= 15 is 0 Å². The zero-order valence-corrected chi connectivity index (χ0v) is 16.9. The van der Waals surface area contributed by atoms with Crippen molar-refractivity contribution in [3.63, 3.8) is 0 Å². The van der Waals surface area contributed by atoms with E-state index in [2.05, 4.69) is 25.3 Å². The van der Waals surface area contributed by atoms with Crippen LogP contribution in [-0.2, 0) is 10.0 Å². The number of sulfonamides is 1. The number of para-hydroxylation sites is 2. The van der Waals surface area contributed by atoms with Gasteiger partial charge >= 0.3 is 0 Å². The molecule has 0 unspecified atom stereocenters. The Kier molecular flexibility index (Phi) is 6.04. The number of nitrogens with one attached hydrogen (secondary N) is 3. The molecule has 3 rings (SSSR count). The van der Waals surface area contributed by atoms with E-state index in [9.17, 15) is 12.8 Å². The van der Waals surface area contributed by atoms with Crippen LogP contribution in [-0.4, -0.2) is 24.1 Å². The minimum atomic E-state index is -3.48. The molecule has 0 atom stereocenters. The molecule has 5 N–H and O–H groups in total. The Labute approximate surface area is 172 Å². The summed E-state index contributed by atoms with van der Waals surface area (Å²) >= 11 is 6.17. The molecule has 0 fully saturated rings. The van der Waals surface area contributed by atoms with E-state index in [0.717, 1.165) is 0 Å². The van der Waals surface area contributed by atoms with Crippen LogP contribution in [0, 0.1) is 5.82 Å². The number of anilines is 6. The van der Waals surface area contributed by atoms with E-state index in [1.807, 2.05) is 0 Å². The summed E-state index contributed by atoms with van der Waals surface area (Å²) < 4.78 is 40.3. The number of nitrogens with zero attached hydrogens (tertiary/aromatic N) is 2. The van der Waals surface area contributed by atoms with Crippen LogP contribution in [0.4, 0.5) is 38.9 Å². The molecule has 1 aromatic heterocycles. The number of nitrogen functional groups attached to an aromatic ring is 1. The van der Waals surface area contributed by atoms with Gasteiger partial charge in [-0.25, -0.2) is 17.8 Å². The summed E-state index contributed by atoms with van der Waals surface area (Å²) in [5.41, 5.74) is 6.93. The van der Waals surface area contributed by atoms with Crippen molar-refractivity contribution in [3.8, 4) is 0 Å². The fourth-order valence-electron chi connectivity index (χ4n) is 2.32. The Bertz CT molecular complexity index is 1140. The molecule has 0 aliphatic heterocycles. The van der Waals surface area contributed by atoms with Crippen LogP contribution >= 0.6 is 11.6 Å². The molecular weight excluding hydrogens is 419 g/mol. The molecule has 1 heterocycles. The molecule has 0 aliphatic carbocycles. The van der Waals surface area contributed by atoms with Gasteiger partial charge in [-0.1, -0.05) is 23.7 Å². The topological polar surface area (TPSA) is 122 Å². The molecule has 3 aromatic rings. The largest absolute Gasteiger partial charge is 0.399 e. The summed E-state index contributed by atoms with van der Waals surface area (Å²) in [5, 5.41) is 5.90. The van der Waals surface area contributed by atoms with Crippen molar-refractivity contribution in [2.24, 2.45) is 0 Å². The molecule has 152 valence electrons. The van der Waals surface area contributed by atoms with Gasteiger partial charge < -0.3 is 16.4 Å². The predicted molar refractivity (Wildman–Crippen MR) is 114 cm³/mol. The quantitative estimate of drug-likeness (QED) is 0.411. The Morgan fingerprint density at radius 3 is 2.55 bits per heavy atom. The van der Waals surface area contributed by atoms with Crippen molar-refractivity contribution >= 4 is 56.1 Å². The van der Waals surface area contributed by atoms with Gasteiger partial charge in [-0.3, -0.25) is 4.72 Å². The van der Waals surface area contributed by atoms with Crippen LogP contribution in [0.1, 0.15) is 6.92 Å². The summed E-state index contributed by atoms with van der Waals surface area (Å²) in [4.78, 5) is 8.27. The number of hydrogen-bond donors (Lipinski definition) is 4. The Balaban J connectivity index is 1.89. The van der Waals surface area contributed by atoms with E-state index in [1.54, 1.807) is 24.3 Å². The van der Waals surface area contributed by atoms with Crippen molar-refractivity contribution in [2.45, 2.75) is 6.92 Å². The summed E-state index contributed by atoms with van der Waals surface area (Å²) in [6, 6.07) is 10.8. The molecule has 0 spiro atoms. The molecule has 0 saturated heterocycles. The van der Waals surface area contributed by atoms with E-state index in [0.29, 0.717) is 17.1 Å². The standard InChI is InChI=1S/C18H18ClFN6O2S/c1-2-29(27,28)26-15-6-4-3-5-14(15)23-17-12(19)10-22-18(25-17)24-16-9-11(21)7-8-13(16)20/h3-10,26H,2,21H2,1H3,(H2,22,23,24,25). The summed E-state index contributed by atoms with van der Waals surface area (Å²) in [6.45, 7) is 1.53. The average Bonchev–Trinajstić information content (AvgIpc) is 2.68. The Hall–Kier alpha value is -3.11. The highest BCUT2D eigenvalue weighted by Crippen LogP contribution is 2.30. The number of aromatic nitrogens is 2. The monoisotopic (exact) mass is 436 g/mol. The van der Waals surface area contributed by atoms with Gasteiger partial charge in [-0.05, 0) is 37.3 Å². The third-order valence-corrected chi connectivity index (χ3v) is 5.37. The highest BCUT2D eigenvalue weighted by atomic mass is 35.5. The zero-order valence-electron chi connectivity index (χ0n) is 15.3. The Morgan fingerprint density at radius 1 is 1.10 bits per heavy atom. The summed E-state index contributed by atoms with van der Waals surface area (Å²) in [5.74, 6) is -0.314. The van der Waals surface area contributed by atoms with Gasteiger partial charge in [0.15, 0.2) is 5.82 Å². The maximum absolute atomic E-state index is 13.9. The first-order valence-corrected chi connectivity index (χ1v) is 10.5. The van der Waals surface area contributed by atoms with Crippen LogP contribution in [0.15, 0.2) is 48.7 Å². The zero-order chi connectivity index (χ0) is 21.0. The minimum Gasteiger partial charge on any atom is -0.399 e. The SMILES string of the molecule is CCS(=O)(=O)Nc1ccccc1Nc1nc(Nc2cc(N)ccc2F)ncc1Cl. The van der Waals surface area contributed by atoms with E-state index in [-0.39, 0.29) is 28.2 Å². The summed E-state index contributed by atoms with van der Waals surface area (Å²) in [7, 11) is -3.48. The van der Waals surface area contributed by atoms with Crippen LogP contribution in [0.3, 0.4) is 0 Å². The smallest absolute Gasteiger partial charge is 0.232 e. The first-order chi connectivity index (χ1) is 13.8. The second-order valence-electron chi connectivity index (χ2n) is 5.93. The fraction of sp³-hybridized carbons (Fsp3) is 0.111. The maximum atomic E-state index is 13.9. The van der Waals surface area contributed by atoms with Gasteiger partial charge in [-0.2, -0.15) is 4.98 Å². The Morgan fingerprint density at radius 2 is 1.83 bits per heavy atom. The van der Waals surface area contributed by atoms with Crippen molar-refractivity contribution in [3.05, 3.63) is 59.5 Å². The molecule has 0 radical (unpaired) electrons. The highest BCUT2D eigenvalue weighted by molar-refractivity contribution is 7.92. The first kappa shape index (κ1) is 20.6. The predicted octanol–water partition coefficient (Wildman–Crippen LogP) is 4.10. The first-order valence-electron chi connectivity index (χ1n) is 8.48. The highest BCUT2D eigenvalue weighted by Gasteiger charge is 2.13. The number of benzene rings is 2. The molecular formula is C18H18ClFN6O2S. The second kappa shape index (κ2) is 8.50. The number of rotatable bonds is 7. The van der Waals surface area contributed by atoms with Gasteiger partial charge in [0.2, 0.25) is 16.0 Å². The molecule has 29 heavy (non-hydrogen) atoms. The molecule has 0 aliphatic rings. The lowest BCUT2D eigenvalue weighted by Gasteiger charge is -2.14. The molecule has 0 bridgehead atoms. The summed E-state index contributed by atoms with van der Waals surface area (Å²) in [6.07, 6.45) is 1.34. The van der Waals surface area contributed by atoms with Gasteiger partial charge in [-0.15, -0.1) is 0 Å². The van der Waals surface area contributed by atoms with E-state index in [4.69, 9.17) is 17.3 Å². The minimum absolute atomic E-state index is 0.0740. The molecule has 8 nitrogen and oxygen atoms in total. The van der Waals surface area contributed by atoms with Crippen LogP contribution in [0.5, 0.6) is 0 Å². The van der Waals surface area contributed by atoms with Crippen LogP contribution < -0.4 is 21.1 Å². The normalized spacial score (nSPS) is 11.1. The molecule has 2 aromatic carbocycles. The fourth-order valence-corrected chi connectivity index (χ4v) is 3.12. The van der Waals surface area contributed by atoms with Crippen molar-refractivity contribution < 1.29 is 12.8 Å². The van der Waals surface area contributed by atoms with Crippen molar-refractivity contribution in [1.82, 2.24) is 9.97 Å². The number of halogens is 2. The number of nitrogens with two attached hydrogens (primary N) is 1. The third-order valence-electron chi connectivity index (χ3n) is 3.81. The van der Waals surface area contributed by atoms with Crippen molar-refractivity contribution in [2.75, 3.05) is 26.8 Å².